The van der Waals surface area contributed by atoms with E-state index in [1.165, 1.54) is 37.9 Å². The summed E-state index contributed by atoms with van der Waals surface area (Å²) in [6, 6.07) is 8.46. The zero-order chi connectivity index (χ0) is 18.2. The Morgan fingerprint density at radius 2 is 1.69 bits per heavy atom. The lowest BCUT2D eigenvalue weighted by Gasteiger charge is -2.30. The van der Waals surface area contributed by atoms with Crippen molar-refractivity contribution in [2.45, 2.75) is 45.1 Å². The Morgan fingerprint density at radius 3 is 2.35 bits per heavy atom. The highest BCUT2D eigenvalue weighted by Crippen LogP contribution is 2.20. The van der Waals surface area contributed by atoms with Crippen LogP contribution in [0.15, 0.2) is 24.3 Å². The van der Waals surface area contributed by atoms with Gasteiger partial charge in [-0.05, 0) is 76.0 Å². The predicted molar refractivity (Wildman–Crippen MR) is 104 cm³/mol. The van der Waals surface area contributed by atoms with E-state index in [4.69, 9.17) is 10.5 Å². The second kappa shape index (κ2) is 9.93. The van der Waals surface area contributed by atoms with Gasteiger partial charge in [0.15, 0.2) is 0 Å². The molecule has 2 N–H and O–H groups in total. The summed E-state index contributed by atoms with van der Waals surface area (Å²) in [6.07, 6.45) is 6.95. The van der Waals surface area contributed by atoms with Gasteiger partial charge in [-0.25, -0.2) is 0 Å². The lowest BCUT2D eigenvalue weighted by atomic mass is 9.96. The molecule has 5 nitrogen and oxygen atoms in total. The Labute approximate surface area is 157 Å². The van der Waals surface area contributed by atoms with Gasteiger partial charge < -0.3 is 15.4 Å². The number of rotatable bonds is 8. The van der Waals surface area contributed by atoms with E-state index in [0.29, 0.717) is 0 Å². The fraction of sp³-hybridized carbons (Fsp3) is 0.667. The van der Waals surface area contributed by atoms with Crippen molar-refractivity contribution in [2.24, 2.45) is 11.7 Å². The monoisotopic (exact) mass is 359 g/mol. The number of ether oxygens (including phenoxy) is 1. The third kappa shape index (κ3) is 5.99. The largest absolute Gasteiger partial charge is 0.494 e. The summed E-state index contributed by atoms with van der Waals surface area (Å²) in [5.41, 5.74) is 6.69. The van der Waals surface area contributed by atoms with Gasteiger partial charge in [0.2, 0.25) is 5.91 Å². The number of nitrogens with zero attached hydrogens (tertiary/aromatic N) is 2. The number of primary amides is 1. The van der Waals surface area contributed by atoms with Gasteiger partial charge >= 0.3 is 0 Å². The van der Waals surface area contributed by atoms with Gasteiger partial charge in [0, 0.05) is 19.0 Å². The molecule has 5 heteroatoms. The molecule has 2 heterocycles. The first-order valence-electron chi connectivity index (χ1n) is 10.2. The Morgan fingerprint density at radius 1 is 1.00 bits per heavy atom. The van der Waals surface area contributed by atoms with E-state index in [9.17, 15) is 4.79 Å². The number of hydrogen-bond donors (Lipinski definition) is 1. The smallest absolute Gasteiger partial charge is 0.220 e. The number of nitrogens with two attached hydrogens (primary N) is 1. The summed E-state index contributed by atoms with van der Waals surface area (Å²) in [7, 11) is 0. The lowest BCUT2D eigenvalue weighted by molar-refractivity contribution is -0.123. The number of hydrogen-bond acceptors (Lipinski definition) is 4. The lowest BCUT2D eigenvalue weighted by Crippen LogP contribution is -2.38. The predicted octanol–water partition coefficient (Wildman–Crippen LogP) is 2.64. The van der Waals surface area contributed by atoms with Crippen molar-refractivity contribution in [3.8, 4) is 5.75 Å². The maximum absolute atomic E-state index is 11.2. The van der Waals surface area contributed by atoms with Crippen LogP contribution in [0.2, 0.25) is 0 Å². The van der Waals surface area contributed by atoms with E-state index in [1.54, 1.807) is 0 Å². The first kappa shape index (κ1) is 19.2. The van der Waals surface area contributed by atoms with E-state index in [0.717, 1.165) is 57.8 Å². The van der Waals surface area contributed by atoms with Gasteiger partial charge in [-0.3, -0.25) is 9.69 Å². The molecule has 0 aliphatic carbocycles. The van der Waals surface area contributed by atoms with Crippen LogP contribution in [0.3, 0.4) is 0 Å². The molecule has 2 aliphatic heterocycles. The summed E-state index contributed by atoms with van der Waals surface area (Å²) >= 11 is 0. The van der Waals surface area contributed by atoms with Crippen molar-refractivity contribution < 1.29 is 9.53 Å². The molecule has 0 bridgehead atoms. The van der Waals surface area contributed by atoms with E-state index < -0.39 is 0 Å². The molecule has 2 saturated heterocycles. The summed E-state index contributed by atoms with van der Waals surface area (Å²) < 4.78 is 5.89. The van der Waals surface area contributed by atoms with Gasteiger partial charge in [0.1, 0.15) is 5.75 Å². The highest BCUT2D eigenvalue weighted by atomic mass is 16.5. The summed E-state index contributed by atoms with van der Waals surface area (Å²) in [5.74, 6) is 0.873. The third-order valence-electron chi connectivity index (χ3n) is 5.66. The molecule has 1 amide bonds. The number of carbonyl (C=O) groups is 1. The minimum atomic E-state index is -0.147. The normalized spacial score (nSPS) is 20.2. The first-order chi connectivity index (χ1) is 12.7. The van der Waals surface area contributed by atoms with Crippen molar-refractivity contribution in [1.82, 2.24) is 9.80 Å². The standard InChI is InChI=1S/C21H33N3O2/c22-21(25)19-9-14-24(15-10-19)17-18-5-7-20(8-6-18)26-16-4-13-23-11-2-1-3-12-23/h5-8,19H,1-4,9-17H2,(H2,22,25). The van der Waals surface area contributed by atoms with Crippen molar-refractivity contribution in [2.75, 3.05) is 39.3 Å². The molecule has 0 saturated carbocycles. The molecule has 0 atom stereocenters. The molecule has 2 aliphatic rings. The molecule has 0 aromatic heterocycles. The minimum absolute atomic E-state index is 0.0620. The molecular weight excluding hydrogens is 326 g/mol. The van der Waals surface area contributed by atoms with Gasteiger partial charge in [-0.15, -0.1) is 0 Å². The highest BCUT2D eigenvalue weighted by Gasteiger charge is 2.22. The zero-order valence-electron chi connectivity index (χ0n) is 15.9. The highest BCUT2D eigenvalue weighted by molar-refractivity contribution is 5.76. The van der Waals surface area contributed by atoms with Crippen molar-refractivity contribution >= 4 is 5.91 Å². The second-order valence-corrected chi connectivity index (χ2v) is 7.70. The van der Waals surface area contributed by atoms with Crippen LogP contribution in [0.25, 0.3) is 0 Å². The maximum Gasteiger partial charge on any atom is 0.220 e. The van der Waals surface area contributed by atoms with Crippen LogP contribution in [-0.4, -0.2) is 55.0 Å². The van der Waals surface area contributed by atoms with Gasteiger partial charge in [-0.1, -0.05) is 18.6 Å². The Hall–Kier alpha value is -1.59. The molecule has 26 heavy (non-hydrogen) atoms. The van der Waals surface area contributed by atoms with E-state index in [1.807, 2.05) is 0 Å². The topological polar surface area (TPSA) is 58.8 Å². The number of amides is 1. The zero-order valence-corrected chi connectivity index (χ0v) is 15.9. The molecule has 1 aromatic carbocycles. The number of benzene rings is 1. The number of likely N-dealkylation sites (tertiary alicyclic amines) is 2. The number of carbonyl (C=O) groups excluding carboxylic acids is 1. The van der Waals surface area contributed by atoms with Crippen molar-refractivity contribution in [3.63, 3.8) is 0 Å². The van der Waals surface area contributed by atoms with E-state index in [2.05, 4.69) is 34.1 Å². The van der Waals surface area contributed by atoms with E-state index >= 15 is 0 Å². The first-order valence-corrected chi connectivity index (χ1v) is 10.2. The van der Waals surface area contributed by atoms with Gasteiger partial charge in [-0.2, -0.15) is 0 Å². The second-order valence-electron chi connectivity index (χ2n) is 7.70. The summed E-state index contributed by atoms with van der Waals surface area (Å²) in [4.78, 5) is 16.2. The van der Waals surface area contributed by atoms with Crippen LogP contribution in [-0.2, 0) is 11.3 Å². The van der Waals surface area contributed by atoms with Crippen LogP contribution in [0, 0.1) is 5.92 Å². The SMILES string of the molecule is NC(=O)C1CCN(Cc2ccc(OCCCN3CCCCC3)cc2)CC1. The van der Waals surface area contributed by atoms with E-state index in [-0.39, 0.29) is 11.8 Å². The maximum atomic E-state index is 11.2. The molecule has 144 valence electrons. The fourth-order valence-corrected chi connectivity index (χ4v) is 3.99. The molecule has 0 radical (unpaired) electrons. The Bertz CT molecular complexity index is 547. The van der Waals surface area contributed by atoms with Crippen LogP contribution in [0.4, 0.5) is 0 Å². The average molecular weight is 360 g/mol. The van der Waals surface area contributed by atoms with Gasteiger partial charge in [0.05, 0.1) is 6.61 Å². The van der Waals surface area contributed by atoms with Crippen LogP contribution >= 0.6 is 0 Å². The minimum Gasteiger partial charge on any atom is -0.494 e. The molecule has 2 fully saturated rings. The summed E-state index contributed by atoms with van der Waals surface area (Å²) in [5, 5.41) is 0. The molecule has 1 aromatic rings. The van der Waals surface area contributed by atoms with Crippen molar-refractivity contribution in [3.05, 3.63) is 29.8 Å². The quantitative estimate of drug-likeness (QED) is 0.725. The fourth-order valence-electron chi connectivity index (χ4n) is 3.99. The molecule has 0 unspecified atom stereocenters. The molecular formula is C21H33N3O2. The van der Waals surface area contributed by atoms with Crippen LogP contribution < -0.4 is 10.5 Å². The Kier molecular flexibility index (Phi) is 7.32. The third-order valence-corrected chi connectivity index (χ3v) is 5.66. The number of piperidine rings is 2. The molecule has 0 spiro atoms. The van der Waals surface area contributed by atoms with Crippen LogP contribution in [0.5, 0.6) is 5.75 Å². The van der Waals surface area contributed by atoms with Crippen molar-refractivity contribution in [1.29, 1.82) is 0 Å². The van der Waals surface area contributed by atoms with Crippen LogP contribution in [0.1, 0.15) is 44.1 Å². The van der Waals surface area contributed by atoms with Gasteiger partial charge in [0.25, 0.3) is 0 Å². The average Bonchev–Trinajstić information content (AvgIpc) is 2.68. The summed E-state index contributed by atoms with van der Waals surface area (Å²) in [6.45, 7) is 7.28. The Balaban J connectivity index is 1.33. The molecule has 3 rings (SSSR count).